The number of hydrogen-bond donors (Lipinski definition) is 2. The molecule has 0 saturated carbocycles. The zero-order valence-electron chi connectivity index (χ0n) is 15.7. The van der Waals surface area contributed by atoms with Gasteiger partial charge in [0.15, 0.2) is 0 Å². The van der Waals surface area contributed by atoms with Crippen molar-refractivity contribution in [3.05, 3.63) is 59.7 Å². The standard InChI is InChI=1S/C20H22N2O5S/c1-3-27-20(25)15-6-10-17(11-7-15)22-19(24)13-28(26)12-18(23)21-16-8-4-14(2)5-9-16/h4-11H,3,12-13H2,1-2H3,(H,21,23)(H,22,24). The van der Waals surface area contributed by atoms with E-state index < -0.39 is 28.6 Å². The molecule has 0 radical (unpaired) electrons. The molecule has 0 aromatic heterocycles. The second-order valence-electron chi connectivity index (χ2n) is 5.99. The number of aryl methyl sites for hydroxylation is 1. The molecule has 2 N–H and O–H groups in total. The summed E-state index contributed by atoms with van der Waals surface area (Å²) >= 11 is 0. The lowest BCUT2D eigenvalue weighted by molar-refractivity contribution is -0.114. The first-order valence-corrected chi connectivity index (χ1v) is 10.1. The molecule has 2 aromatic carbocycles. The minimum absolute atomic E-state index is 0.275. The number of esters is 1. The number of carbonyl (C=O) groups is 3. The fraction of sp³-hybridized carbons (Fsp3) is 0.250. The number of hydrogen-bond acceptors (Lipinski definition) is 5. The second kappa shape index (κ2) is 10.4. The second-order valence-corrected chi connectivity index (χ2v) is 7.45. The van der Waals surface area contributed by atoms with Gasteiger partial charge in [-0.15, -0.1) is 0 Å². The Kier molecular flexibility index (Phi) is 7.88. The van der Waals surface area contributed by atoms with Gasteiger partial charge in [-0.2, -0.15) is 0 Å². The van der Waals surface area contributed by atoms with Crippen LogP contribution in [-0.2, 0) is 25.1 Å². The zero-order chi connectivity index (χ0) is 20.5. The summed E-state index contributed by atoms with van der Waals surface area (Å²) in [4.78, 5) is 35.5. The summed E-state index contributed by atoms with van der Waals surface area (Å²) in [5, 5.41) is 5.23. The molecule has 0 aliphatic carbocycles. The monoisotopic (exact) mass is 402 g/mol. The summed E-state index contributed by atoms with van der Waals surface area (Å²) in [6.45, 7) is 3.93. The lowest BCUT2D eigenvalue weighted by Crippen LogP contribution is -2.26. The molecule has 1 unspecified atom stereocenters. The highest BCUT2D eigenvalue weighted by Gasteiger charge is 2.13. The first-order valence-electron chi connectivity index (χ1n) is 8.66. The van der Waals surface area contributed by atoms with Crippen LogP contribution in [0.4, 0.5) is 11.4 Å². The van der Waals surface area contributed by atoms with Crippen LogP contribution in [0.1, 0.15) is 22.8 Å². The first-order chi connectivity index (χ1) is 13.4. The number of ether oxygens (including phenoxy) is 1. The molecule has 0 saturated heterocycles. The highest BCUT2D eigenvalue weighted by atomic mass is 32.2. The molecule has 28 heavy (non-hydrogen) atoms. The van der Waals surface area contributed by atoms with E-state index in [1.54, 1.807) is 31.2 Å². The van der Waals surface area contributed by atoms with E-state index in [1.165, 1.54) is 12.1 Å². The summed E-state index contributed by atoms with van der Waals surface area (Å²) in [6.07, 6.45) is 0. The molecular weight excluding hydrogens is 380 g/mol. The topological polar surface area (TPSA) is 102 Å². The third kappa shape index (κ3) is 6.96. The summed E-state index contributed by atoms with van der Waals surface area (Å²) in [5.74, 6) is -1.93. The van der Waals surface area contributed by atoms with Gasteiger partial charge < -0.3 is 15.4 Å². The Morgan fingerprint density at radius 1 is 0.857 bits per heavy atom. The smallest absolute Gasteiger partial charge is 0.338 e. The average Bonchev–Trinajstić information content (AvgIpc) is 2.64. The Balaban J connectivity index is 1.80. The molecule has 2 amide bonds. The molecule has 0 aliphatic heterocycles. The fourth-order valence-electron chi connectivity index (χ4n) is 2.28. The summed E-state index contributed by atoms with van der Waals surface area (Å²) in [6, 6.07) is 13.4. The minimum atomic E-state index is -1.64. The van der Waals surface area contributed by atoms with Gasteiger partial charge in [-0.3, -0.25) is 13.8 Å². The highest BCUT2D eigenvalue weighted by Crippen LogP contribution is 2.11. The summed E-state index contributed by atoms with van der Waals surface area (Å²) in [5.41, 5.74) is 2.50. The van der Waals surface area contributed by atoms with Crippen molar-refractivity contribution >= 4 is 40.0 Å². The maximum absolute atomic E-state index is 12.0. The van der Waals surface area contributed by atoms with Gasteiger partial charge in [0, 0.05) is 22.2 Å². The van der Waals surface area contributed by atoms with Crippen LogP contribution < -0.4 is 10.6 Å². The molecule has 0 fully saturated rings. The number of nitrogens with one attached hydrogen (secondary N) is 2. The van der Waals surface area contributed by atoms with Crippen molar-refractivity contribution in [1.82, 2.24) is 0 Å². The van der Waals surface area contributed by atoms with Gasteiger partial charge in [0.2, 0.25) is 11.8 Å². The van der Waals surface area contributed by atoms with E-state index in [2.05, 4.69) is 10.6 Å². The number of benzene rings is 2. The molecule has 8 heteroatoms. The fourth-order valence-corrected chi connectivity index (χ4v) is 3.11. The van der Waals surface area contributed by atoms with Crippen molar-refractivity contribution in [1.29, 1.82) is 0 Å². The van der Waals surface area contributed by atoms with Gasteiger partial charge in [-0.25, -0.2) is 4.79 Å². The first kappa shape index (κ1) is 21.3. The Hall–Kier alpha value is -3.00. The van der Waals surface area contributed by atoms with E-state index in [9.17, 15) is 18.6 Å². The van der Waals surface area contributed by atoms with Crippen LogP contribution in [0.2, 0.25) is 0 Å². The van der Waals surface area contributed by atoms with E-state index in [-0.39, 0.29) is 18.1 Å². The normalized spacial score (nSPS) is 11.4. The van der Waals surface area contributed by atoms with Crippen molar-refractivity contribution in [3.63, 3.8) is 0 Å². The largest absolute Gasteiger partial charge is 0.462 e. The van der Waals surface area contributed by atoms with Gasteiger partial charge in [0.25, 0.3) is 0 Å². The summed E-state index contributed by atoms with van der Waals surface area (Å²) < 4.78 is 16.9. The molecule has 0 spiro atoms. The minimum Gasteiger partial charge on any atom is -0.462 e. The SMILES string of the molecule is CCOC(=O)c1ccc(NC(=O)CS(=O)CC(=O)Nc2ccc(C)cc2)cc1. The van der Waals surface area contributed by atoms with Crippen molar-refractivity contribution in [2.24, 2.45) is 0 Å². The van der Waals surface area contributed by atoms with Gasteiger partial charge in [0.05, 0.1) is 12.2 Å². The van der Waals surface area contributed by atoms with Gasteiger partial charge in [-0.1, -0.05) is 17.7 Å². The molecular formula is C20H22N2O5S. The third-order valence-electron chi connectivity index (χ3n) is 3.60. The molecule has 2 rings (SSSR count). The predicted octanol–water partition coefficient (Wildman–Crippen LogP) is 2.50. The van der Waals surface area contributed by atoms with E-state index in [0.717, 1.165) is 5.56 Å². The number of carbonyl (C=O) groups excluding carboxylic acids is 3. The maximum Gasteiger partial charge on any atom is 0.338 e. The molecule has 148 valence electrons. The Bertz CT molecular complexity index is 863. The van der Waals surface area contributed by atoms with Crippen molar-refractivity contribution in [2.45, 2.75) is 13.8 Å². The predicted molar refractivity (Wildman–Crippen MR) is 109 cm³/mol. The van der Waals surface area contributed by atoms with Crippen LogP contribution in [0.15, 0.2) is 48.5 Å². The zero-order valence-corrected chi connectivity index (χ0v) is 16.5. The van der Waals surface area contributed by atoms with E-state index in [0.29, 0.717) is 16.9 Å². The lowest BCUT2D eigenvalue weighted by atomic mass is 10.2. The van der Waals surface area contributed by atoms with Crippen LogP contribution in [-0.4, -0.2) is 40.1 Å². The number of anilines is 2. The van der Waals surface area contributed by atoms with Crippen LogP contribution >= 0.6 is 0 Å². The van der Waals surface area contributed by atoms with E-state index >= 15 is 0 Å². The number of amides is 2. The van der Waals surface area contributed by atoms with Crippen LogP contribution in [0.3, 0.4) is 0 Å². The summed E-state index contributed by atoms with van der Waals surface area (Å²) in [7, 11) is -1.64. The van der Waals surface area contributed by atoms with E-state index in [4.69, 9.17) is 4.74 Å². The molecule has 0 bridgehead atoms. The van der Waals surface area contributed by atoms with E-state index in [1.807, 2.05) is 19.1 Å². The highest BCUT2D eigenvalue weighted by molar-refractivity contribution is 7.86. The van der Waals surface area contributed by atoms with Gasteiger partial charge in [0.1, 0.15) is 11.5 Å². The molecule has 7 nitrogen and oxygen atoms in total. The van der Waals surface area contributed by atoms with Gasteiger partial charge in [-0.05, 0) is 50.2 Å². The van der Waals surface area contributed by atoms with Crippen LogP contribution in [0, 0.1) is 6.92 Å². The van der Waals surface area contributed by atoms with Crippen molar-refractivity contribution in [2.75, 3.05) is 28.7 Å². The quantitative estimate of drug-likeness (QED) is 0.661. The Morgan fingerprint density at radius 3 is 1.79 bits per heavy atom. The third-order valence-corrected chi connectivity index (χ3v) is 4.77. The van der Waals surface area contributed by atoms with Crippen LogP contribution in [0.5, 0.6) is 0 Å². The molecule has 1 atom stereocenters. The number of rotatable bonds is 8. The Morgan fingerprint density at radius 2 is 1.32 bits per heavy atom. The molecule has 0 heterocycles. The molecule has 2 aromatic rings. The lowest BCUT2D eigenvalue weighted by Gasteiger charge is -2.07. The Labute approximate surface area is 165 Å². The van der Waals surface area contributed by atoms with Crippen molar-refractivity contribution in [3.8, 4) is 0 Å². The van der Waals surface area contributed by atoms with Gasteiger partial charge >= 0.3 is 5.97 Å². The van der Waals surface area contributed by atoms with Crippen molar-refractivity contribution < 1.29 is 23.3 Å². The maximum atomic E-state index is 12.0. The van der Waals surface area contributed by atoms with Crippen LogP contribution in [0.25, 0.3) is 0 Å². The molecule has 0 aliphatic rings. The average molecular weight is 402 g/mol.